The predicted molar refractivity (Wildman–Crippen MR) is 109 cm³/mol. The molecule has 0 N–H and O–H groups in total. The van der Waals surface area contributed by atoms with Crippen LogP contribution < -0.4 is 0 Å². The minimum atomic E-state index is -0.212. The highest BCUT2D eigenvalue weighted by atomic mass is 35.5. The summed E-state index contributed by atoms with van der Waals surface area (Å²) in [4.78, 5) is 19.2. The molecule has 1 aliphatic rings. The van der Waals surface area contributed by atoms with Gasteiger partial charge in [-0.05, 0) is 35.9 Å². The largest absolute Gasteiger partial charge is 0.467 e. The average Bonchev–Trinajstić information content (AvgIpc) is 3.28. The standard InChI is InChI=1S/C21H14Cl2N2O2.FH/c22-16-9-8-15(18(23)12-16)11-19-21(26)25(13-17-7-4-10-27-17)20(24-19)14-5-2-1-3-6-14;/h1-12H,13H2;1H/b19-11-;. The van der Waals surface area contributed by atoms with Gasteiger partial charge in [0.2, 0.25) is 0 Å². The number of rotatable bonds is 4. The van der Waals surface area contributed by atoms with Gasteiger partial charge in [0.25, 0.3) is 5.91 Å². The Morgan fingerprint density at radius 1 is 1.04 bits per heavy atom. The minimum Gasteiger partial charge on any atom is -0.467 e. The van der Waals surface area contributed by atoms with Gasteiger partial charge in [0.1, 0.15) is 17.3 Å². The Labute approximate surface area is 171 Å². The Hall–Kier alpha value is -2.89. The number of hydrogen-bond acceptors (Lipinski definition) is 3. The fourth-order valence-corrected chi connectivity index (χ4v) is 3.29. The molecule has 0 unspecified atom stereocenters. The molecule has 1 amide bonds. The highest BCUT2D eigenvalue weighted by molar-refractivity contribution is 6.35. The molecule has 28 heavy (non-hydrogen) atoms. The monoisotopic (exact) mass is 416 g/mol. The van der Waals surface area contributed by atoms with Gasteiger partial charge in [0.15, 0.2) is 0 Å². The first-order valence-corrected chi connectivity index (χ1v) is 9.02. The molecule has 4 rings (SSSR count). The van der Waals surface area contributed by atoms with Crippen LogP contribution in [0.2, 0.25) is 10.0 Å². The van der Waals surface area contributed by atoms with Crippen LogP contribution in [0.25, 0.3) is 6.08 Å². The summed E-state index contributed by atoms with van der Waals surface area (Å²) in [6.07, 6.45) is 3.26. The molecule has 2 aromatic carbocycles. The van der Waals surface area contributed by atoms with Crippen LogP contribution in [0.4, 0.5) is 4.70 Å². The van der Waals surface area contributed by atoms with Crippen LogP contribution >= 0.6 is 23.2 Å². The van der Waals surface area contributed by atoms with Gasteiger partial charge in [-0.25, -0.2) is 4.99 Å². The van der Waals surface area contributed by atoms with Gasteiger partial charge in [-0.2, -0.15) is 0 Å². The summed E-state index contributed by atoms with van der Waals surface area (Å²) in [6.45, 7) is 0.297. The van der Waals surface area contributed by atoms with Gasteiger partial charge < -0.3 is 4.42 Å². The van der Waals surface area contributed by atoms with Crippen LogP contribution in [-0.4, -0.2) is 16.6 Å². The van der Waals surface area contributed by atoms with Crippen molar-refractivity contribution >= 4 is 41.0 Å². The predicted octanol–water partition coefficient (Wildman–Crippen LogP) is 5.57. The van der Waals surface area contributed by atoms with Crippen molar-refractivity contribution in [3.8, 4) is 0 Å². The molecule has 0 saturated heterocycles. The Balaban J connectivity index is 0.00000225. The van der Waals surface area contributed by atoms with Crippen molar-refractivity contribution in [2.24, 2.45) is 4.99 Å². The first-order valence-electron chi connectivity index (χ1n) is 8.27. The SMILES string of the molecule is F.O=C1/C(=C/c2ccc(Cl)cc2Cl)N=C(c2ccccc2)N1Cc1ccco1. The Kier molecular flexibility index (Phi) is 5.97. The third kappa shape index (κ3) is 4.01. The van der Waals surface area contributed by atoms with E-state index in [1.54, 1.807) is 41.5 Å². The van der Waals surface area contributed by atoms with Crippen LogP contribution in [0.5, 0.6) is 0 Å². The van der Waals surface area contributed by atoms with Gasteiger partial charge >= 0.3 is 0 Å². The zero-order valence-electron chi connectivity index (χ0n) is 14.5. The molecule has 142 valence electrons. The normalized spacial score (nSPS) is 14.9. The van der Waals surface area contributed by atoms with Crippen molar-refractivity contribution in [2.75, 3.05) is 0 Å². The lowest BCUT2D eigenvalue weighted by molar-refractivity contribution is -0.123. The van der Waals surface area contributed by atoms with E-state index >= 15 is 0 Å². The van der Waals surface area contributed by atoms with E-state index in [1.165, 1.54) is 0 Å². The van der Waals surface area contributed by atoms with Crippen molar-refractivity contribution in [3.05, 3.63) is 99.6 Å². The molecule has 4 nitrogen and oxygen atoms in total. The Morgan fingerprint density at radius 3 is 2.50 bits per heavy atom. The lowest BCUT2D eigenvalue weighted by atomic mass is 10.2. The van der Waals surface area contributed by atoms with Crippen LogP contribution in [0.15, 0.2) is 82.0 Å². The molecular formula is C21H15Cl2FN2O2. The number of hydrogen-bond donors (Lipinski definition) is 0. The summed E-state index contributed by atoms with van der Waals surface area (Å²) >= 11 is 12.2. The van der Waals surface area contributed by atoms with Crippen molar-refractivity contribution < 1.29 is 13.9 Å². The van der Waals surface area contributed by atoms with E-state index in [0.29, 0.717) is 39.4 Å². The molecule has 0 aliphatic carbocycles. The summed E-state index contributed by atoms with van der Waals surface area (Å²) in [5, 5.41) is 0.997. The smallest absolute Gasteiger partial charge is 0.278 e. The van der Waals surface area contributed by atoms with E-state index in [9.17, 15) is 4.79 Å². The summed E-state index contributed by atoms with van der Waals surface area (Å²) < 4.78 is 5.41. The molecule has 3 aromatic rings. The van der Waals surface area contributed by atoms with E-state index in [-0.39, 0.29) is 10.6 Å². The Morgan fingerprint density at radius 2 is 1.82 bits per heavy atom. The van der Waals surface area contributed by atoms with Crippen molar-refractivity contribution in [2.45, 2.75) is 6.54 Å². The molecule has 0 spiro atoms. The average molecular weight is 417 g/mol. The second kappa shape index (κ2) is 8.42. The molecule has 0 atom stereocenters. The van der Waals surface area contributed by atoms with Crippen LogP contribution in [0, 0.1) is 0 Å². The summed E-state index contributed by atoms with van der Waals surface area (Å²) in [6, 6.07) is 18.3. The molecule has 0 saturated carbocycles. The van der Waals surface area contributed by atoms with Gasteiger partial charge in [0.05, 0.1) is 12.8 Å². The fraction of sp³-hybridized carbons (Fsp3) is 0.0476. The number of amidine groups is 1. The number of halogens is 3. The van der Waals surface area contributed by atoms with Gasteiger partial charge in [-0.1, -0.05) is 59.6 Å². The van der Waals surface area contributed by atoms with E-state index < -0.39 is 0 Å². The maximum Gasteiger partial charge on any atom is 0.278 e. The molecular weight excluding hydrogens is 402 g/mol. The zero-order valence-corrected chi connectivity index (χ0v) is 16.0. The Bertz CT molecular complexity index is 1050. The second-order valence-electron chi connectivity index (χ2n) is 5.97. The molecule has 1 aromatic heterocycles. The second-order valence-corrected chi connectivity index (χ2v) is 6.81. The first kappa shape index (κ1) is 19.9. The van der Waals surface area contributed by atoms with Gasteiger partial charge in [-0.15, -0.1) is 0 Å². The van der Waals surface area contributed by atoms with E-state index in [2.05, 4.69) is 4.99 Å². The molecule has 0 fully saturated rings. The quantitative estimate of drug-likeness (QED) is 0.521. The number of amides is 1. The lowest BCUT2D eigenvalue weighted by Gasteiger charge is -2.17. The fourth-order valence-electron chi connectivity index (χ4n) is 2.83. The molecule has 1 aliphatic heterocycles. The maximum absolute atomic E-state index is 13.0. The number of carbonyl (C=O) groups is 1. The minimum absolute atomic E-state index is 0. The van der Waals surface area contributed by atoms with Gasteiger partial charge in [0, 0.05) is 15.6 Å². The summed E-state index contributed by atoms with van der Waals surface area (Å²) in [5.74, 6) is 1.04. The molecule has 0 radical (unpaired) electrons. The first-order chi connectivity index (χ1) is 13.1. The van der Waals surface area contributed by atoms with E-state index in [1.807, 2.05) is 36.4 Å². The molecule has 7 heteroatoms. The van der Waals surface area contributed by atoms with E-state index in [4.69, 9.17) is 27.6 Å². The molecule has 2 heterocycles. The maximum atomic E-state index is 13.0. The zero-order chi connectivity index (χ0) is 18.8. The third-order valence-corrected chi connectivity index (χ3v) is 4.69. The highest BCUT2D eigenvalue weighted by Crippen LogP contribution is 2.27. The van der Waals surface area contributed by atoms with Crippen molar-refractivity contribution in [1.29, 1.82) is 0 Å². The number of aliphatic imine (C=N–C) groups is 1. The van der Waals surface area contributed by atoms with Crippen LogP contribution in [0.3, 0.4) is 0 Å². The van der Waals surface area contributed by atoms with E-state index in [0.717, 1.165) is 5.56 Å². The number of benzene rings is 2. The highest BCUT2D eigenvalue weighted by Gasteiger charge is 2.31. The van der Waals surface area contributed by atoms with Crippen molar-refractivity contribution in [1.82, 2.24) is 4.90 Å². The summed E-state index contributed by atoms with van der Waals surface area (Å²) in [5.41, 5.74) is 1.84. The number of nitrogens with zero attached hydrogens (tertiary/aromatic N) is 2. The van der Waals surface area contributed by atoms with Crippen LogP contribution in [0.1, 0.15) is 16.9 Å². The van der Waals surface area contributed by atoms with Crippen LogP contribution in [-0.2, 0) is 11.3 Å². The van der Waals surface area contributed by atoms with Gasteiger partial charge in [-0.3, -0.25) is 14.4 Å². The number of carbonyl (C=O) groups excluding carboxylic acids is 1. The lowest BCUT2D eigenvalue weighted by Crippen LogP contribution is -2.32. The third-order valence-electron chi connectivity index (χ3n) is 4.13. The topological polar surface area (TPSA) is 45.8 Å². The molecule has 0 bridgehead atoms. The summed E-state index contributed by atoms with van der Waals surface area (Å²) in [7, 11) is 0. The number of furan rings is 1. The van der Waals surface area contributed by atoms with Crippen molar-refractivity contribution in [3.63, 3.8) is 0 Å².